The van der Waals surface area contributed by atoms with Gasteiger partial charge in [0.25, 0.3) is 5.91 Å². The highest BCUT2D eigenvalue weighted by Gasteiger charge is 2.35. The second-order valence-corrected chi connectivity index (χ2v) is 12.2. The van der Waals surface area contributed by atoms with E-state index >= 15 is 0 Å². The van der Waals surface area contributed by atoms with Crippen molar-refractivity contribution in [2.45, 2.75) is 110 Å². The SMILES string of the molecule is CCC(CC)CNC(=O)C1CCCC1NC(=O)c1cc(OC2CCC(C(=O)OC(C)(C)C)CC2)c(F)cc1OC. The molecule has 2 N–H and O–H groups in total. The molecule has 1 aromatic rings. The van der Waals surface area contributed by atoms with Crippen molar-refractivity contribution in [3.8, 4) is 11.5 Å². The van der Waals surface area contributed by atoms with E-state index in [-0.39, 0.29) is 52.9 Å². The van der Waals surface area contributed by atoms with Gasteiger partial charge in [0.15, 0.2) is 11.6 Å². The van der Waals surface area contributed by atoms with Crippen molar-refractivity contribution in [2.75, 3.05) is 13.7 Å². The third-order valence-electron chi connectivity index (χ3n) is 8.10. The van der Waals surface area contributed by atoms with Gasteiger partial charge in [-0.15, -0.1) is 0 Å². The average molecular weight is 563 g/mol. The van der Waals surface area contributed by atoms with E-state index in [1.807, 2.05) is 20.8 Å². The number of rotatable bonds is 11. The van der Waals surface area contributed by atoms with Crippen molar-refractivity contribution >= 4 is 17.8 Å². The van der Waals surface area contributed by atoms with E-state index in [0.29, 0.717) is 51.0 Å². The molecule has 0 bridgehead atoms. The molecule has 0 heterocycles. The topological polar surface area (TPSA) is 103 Å². The Balaban J connectivity index is 1.64. The minimum Gasteiger partial charge on any atom is -0.496 e. The van der Waals surface area contributed by atoms with Crippen molar-refractivity contribution in [3.05, 3.63) is 23.5 Å². The van der Waals surface area contributed by atoms with Gasteiger partial charge >= 0.3 is 5.97 Å². The lowest BCUT2D eigenvalue weighted by Gasteiger charge is -2.30. The largest absolute Gasteiger partial charge is 0.496 e. The molecular weight excluding hydrogens is 515 g/mol. The summed E-state index contributed by atoms with van der Waals surface area (Å²) in [5, 5.41) is 6.06. The standard InChI is InChI=1S/C31H47FN2O6/c1-7-19(8-2)18-33-28(35)22-10-9-11-25(22)34-29(36)23-16-27(24(32)17-26(23)38-6)39-21-14-12-20(13-15-21)30(37)40-31(3,4)5/h16-17,19-22,25H,7-15,18H2,1-6H3,(H,33,35)(H,34,36). The first-order valence-electron chi connectivity index (χ1n) is 14.8. The molecule has 0 aromatic heterocycles. The van der Waals surface area contributed by atoms with E-state index < -0.39 is 17.3 Å². The van der Waals surface area contributed by atoms with Crippen LogP contribution in [0.25, 0.3) is 0 Å². The molecule has 2 fully saturated rings. The van der Waals surface area contributed by atoms with Crippen LogP contribution in [0.4, 0.5) is 4.39 Å². The molecule has 0 radical (unpaired) electrons. The number of hydrogen-bond acceptors (Lipinski definition) is 6. The van der Waals surface area contributed by atoms with Gasteiger partial charge in [-0.2, -0.15) is 0 Å². The van der Waals surface area contributed by atoms with E-state index in [9.17, 15) is 18.8 Å². The van der Waals surface area contributed by atoms with Gasteiger partial charge in [-0.3, -0.25) is 14.4 Å². The second kappa shape index (κ2) is 14.2. The molecule has 0 aliphatic heterocycles. The fourth-order valence-electron chi connectivity index (χ4n) is 5.60. The summed E-state index contributed by atoms with van der Waals surface area (Å²) in [6, 6.07) is 2.22. The van der Waals surface area contributed by atoms with Gasteiger partial charge < -0.3 is 24.8 Å². The van der Waals surface area contributed by atoms with Crippen molar-refractivity contribution < 1.29 is 33.0 Å². The number of hydrogen-bond donors (Lipinski definition) is 2. The van der Waals surface area contributed by atoms with Gasteiger partial charge in [0.1, 0.15) is 11.4 Å². The number of carbonyl (C=O) groups is 3. The molecule has 2 saturated carbocycles. The van der Waals surface area contributed by atoms with E-state index in [2.05, 4.69) is 24.5 Å². The minimum atomic E-state index is -0.623. The Kier molecular flexibility index (Phi) is 11.2. The molecule has 40 heavy (non-hydrogen) atoms. The van der Waals surface area contributed by atoms with Crippen LogP contribution in [0.3, 0.4) is 0 Å². The van der Waals surface area contributed by atoms with Crippen LogP contribution >= 0.6 is 0 Å². The molecule has 224 valence electrons. The summed E-state index contributed by atoms with van der Waals surface area (Å²) in [6.45, 7) is 10.4. The van der Waals surface area contributed by atoms with E-state index in [1.54, 1.807) is 0 Å². The van der Waals surface area contributed by atoms with Gasteiger partial charge in [-0.25, -0.2) is 4.39 Å². The second-order valence-electron chi connectivity index (χ2n) is 12.2. The van der Waals surface area contributed by atoms with E-state index in [4.69, 9.17) is 14.2 Å². The average Bonchev–Trinajstić information content (AvgIpc) is 3.37. The third kappa shape index (κ3) is 8.58. The zero-order valence-corrected chi connectivity index (χ0v) is 24.9. The normalized spacial score (nSPS) is 23.0. The number of methoxy groups -OCH3 is 1. The summed E-state index contributed by atoms with van der Waals surface area (Å²) in [5.41, 5.74) is -0.382. The van der Waals surface area contributed by atoms with Crippen LogP contribution in [0.1, 0.15) is 103 Å². The molecule has 2 amide bonds. The zero-order valence-electron chi connectivity index (χ0n) is 24.9. The Morgan fingerprint density at radius 3 is 2.27 bits per heavy atom. The van der Waals surface area contributed by atoms with Gasteiger partial charge in [0.05, 0.1) is 30.6 Å². The number of esters is 1. The van der Waals surface area contributed by atoms with E-state index in [1.165, 1.54) is 13.2 Å². The van der Waals surface area contributed by atoms with Crippen molar-refractivity contribution in [2.24, 2.45) is 17.8 Å². The Morgan fingerprint density at radius 1 is 1.00 bits per heavy atom. The summed E-state index contributed by atoms with van der Waals surface area (Å²) < 4.78 is 31.7. The van der Waals surface area contributed by atoms with Gasteiger partial charge in [-0.05, 0) is 71.3 Å². The fourth-order valence-corrected chi connectivity index (χ4v) is 5.60. The fraction of sp³-hybridized carbons (Fsp3) is 0.710. The summed E-state index contributed by atoms with van der Waals surface area (Å²) in [4.78, 5) is 38.7. The van der Waals surface area contributed by atoms with Crippen LogP contribution < -0.4 is 20.1 Å². The summed E-state index contributed by atoms with van der Waals surface area (Å²) in [7, 11) is 1.38. The zero-order chi connectivity index (χ0) is 29.4. The minimum absolute atomic E-state index is 0.0300. The van der Waals surface area contributed by atoms with Gasteiger partial charge in [0.2, 0.25) is 5.91 Å². The lowest BCUT2D eigenvalue weighted by atomic mass is 9.87. The maximum atomic E-state index is 14.9. The maximum absolute atomic E-state index is 14.9. The first-order chi connectivity index (χ1) is 18.9. The molecule has 2 aliphatic carbocycles. The smallest absolute Gasteiger partial charge is 0.309 e. The summed E-state index contributed by atoms with van der Waals surface area (Å²) in [5.74, 6) is -1.30. The lowest BCUT2D eigenvalue weighted by molar-refractivity contribution is -0.161. The van der Waals surface area contributed by atoms with Gasteiger partial charge in [0, 0.05) is 18.7 Å². The van der Waals surface area contributed by atoms with Gasteiger partial charge in [-0.1, -0.05) is 33.1 Å². The van der Waals surface area contributed by atoms with Crippen molar-refractivity contribution in [1.29, 1.82) is 0 Å². The number of nitrogens with one attached hydrogen (secondary N) is 2. The molecule has 2 atom stereocenters. The van der Waals surface area contributed by atoms with Crippen molar-refractivity contribution in [3.63, 3.8) is 0 Å². The Hall–Kier alpha value is -2.84. The summed E-state index contributed by atoms with van der Waals surface area (Å²) >= 11 is 0. The number of ether oxygens (including phenoxy) is 3. The lowest BCUT2D eigenvalue weighted by Crippen LogP contribution is -2.45. The number of carbonyl (C=O) groups excluding carboxylic acids is 3. The molecule has 0 saturated heterocycles. The van der Waals surface area contributed by atoms with Crippen LogP contribution in [0.15, 0.2) is 12.1 Å². The molecule has 1 aromatic carbocycles. The highest BCUT2D eigenvalue weighted by Crippen LogP contribution is 2.34. The molecule has 2 aliphatic rings. The van der Waals surface area contributed by atoms with Crippen LogP contribution in [0, 0.1) is 23.6 Å². The molecule has 3 rings (SSSR count). The first-order valence-corrected chi connectivity index (χ1v) is 14.8. The Labute approximate surface area is 238 Å². The maximum Gasteiger partial charge on any atom is 0.309 e. The molecule has 8 nitrogen and oxygen atoms in total. The molecule has 0 spiro atoms. The number of benzene rings is 1. The van der Waals surface area contributed by atoms with Crippen LogP contribution in [-0.2, 0) is 14.3 Å². The quantitative estimate of drug-likeness (QED) is 0.342. The van der Waals surface area contributed by atoms with Crippen LogP contribution in [-0.4, -0.2) is 49.2 Å². The summed E-state index contributed by atoms with van der Waals surface area (Å²) in [6.07, 6.45) is 6.30. The van der Waals surface area contributed by atoms with Crippen molar-refractivity contribution in [1.82, 2.24) is 10.6 Å². The van der Waals surface area contributed by atoms with Crippen LogP contribution in [0.2, 0.25) is 0 Å². The molecule has 9 heteroatoms. The highest BCUT2D eigenvalue weighted by atomic mass is 19.1. The Bertz CT molecular complexity index is 1030. The number of halogens is 1. The monoisotopic (exact) mass is 562 g/mol. The third-order valence-corrected chi connectivity index (χ3v) is 8.10. The van der Waals surface area contributed by atoms with Crippen LogP contribution in [0.5, 0.6) is 11.5 Å². The first kappa shape index (κ1) is 31.7. The Morgan fingerprint density at radius 2 is 1.68 bits per heavy atom. The molecule has 2 unspecified atom stereocenters. The number of amides is 2. The highest BCUT2D eigenvalue weighted by molar-refractivity contribution is 5.98. The predicted molar refractivity (Wildman–Crippen MR) is 151 cm³/mol. The van der Waals surface area contributed by atoms with E-state index in [0.717, 1.165) is 25.3 Å². The predicted octanol–water partition coefficient (Wildman–Crippen LogP) is 5.56. The molecular formula is C31H47FN2O6.